The number of nitrogens with zero attached hydrogens (tertiary/aromatic N) is 2. The molecule has 0 bridgehead atoms. The van der Waals surface area contributed by atoms with Crippen LogP contribution in [-0.2, 0) is 14.1 Å². The van der Waals surface area contributed by atoms with E-state index in [2.05, 4.69) is 4.99 Å². The number of thiophene rings is 1. The Labute approximate surface area is 158 Å². The van der Waals surface area contributed by atoms with Gasteiger partial charge in [0.1, 0.15) is 17.0 Å². The second-order valence-electron chi connectivity index (χ2n) is 6.77. The molecule has 0 spiro atoms. The van der Waals surface area contributed by atoms with Crippen LogP contribution in [0.2, 0.25) is 0 Å². The summed E-state index contributed by atoms with van der Waals surface area (Å²) in [6.45, 7) is 0. The lowest BCUT2D eigenvalue weighted by atomic mass is 9.82. The van der Waals surface area contributed by atoms with Crippen LogP contribution in [0.5, 0.6) is 0 Å². The number of rotatable bonds is 1. The van der Waals surface area contributed by atoms with Crippen LogP contribution < -0.4 is 16.2 Å². The number of aliphatic hydroxyl groups is 1. The topological polar surface area (TPSA) is 78.2 Å². The molecule has 0 saturated carbocycles. The minimum absolute atomic E-state index is 0.172. The van der Waals surface area contributed by atoms with Gasteiger partial charge in [-0.2, -0.15) is 15.9 Å². The second-order valence-corrected chi connectivity index (χ2v) is 7.55. The fraction of sp³-hybridized carbons (Fsp3) is 0.150. The Hall–Kier alpha value is -3.19. The molecule has 3 aromatic rings. The van der Waals surface area contributed by atoms with Gasteiger partial charge in [0.25, 0.3) is 11.4 Å². The summed E-state index contributed by atoms with van der Waals surface area (Å²) in [6, 6.07) is 9.51. The fourth-order valence-corrected chi connectivity index (χ4v) is 4.73. The molecule has 1 aromatic carbocycles. The fourth-order valence-electron chi connectivity index (χ4n) is 4.05. The summed E-state index contributed by atoms with van der Waals surface area (Å²) in [4.78, 5) is 28.8. The zero-order valence-electron chi connectivity index (χ0n) is 14.7. The number of hydrogen-bond acceptors (Lipinski definition) is 4. The van der Waals surface area contributed by atoms with Gasteiger partial charge in [0, 0.05) is 18.2 Å². The summed E-state index contributed by atoms with van der Waals surface area (Å²) in [5, 5.41) is 14.9. The summed E-state index contributed by atoms with van der Waals surface area (Å²) in [7, 11) is 3.13. The van der Waals surface area contributed by atoms with Gasteiger partial charge in [0.2, 0.25) is 0 Å². The number of fused-ring (bicyclic) bond motifs is 4. The standard InChI is InChI=1S/C20H15N3O3S/c1-22-18-15(19(25)23(2)20(22)26)13(10-7-8-27-9-10)14-16(21-18)11-5-3-4-6-12(11)17(14)24/h3-9,13,24H,1-2H3/p+1. The molecule has 2 aromatic heterocycles. The third-order valence-electron chi connectivity index (χ3n) is 5.37. The van der Waals surface area contributed by atoms with Gasteiger partial charge in [0.15, 0.2) is 0 Å². The van der Waals surface area contributed by atoms with Crippen LogP contribution in [0.4, 0.5) is 5.82 Å². The van der Waals surface area contributed by atoms with Gasteiger partial charge in [-0.05, 0) is 28.5 Å². The van der Waals surface area contributed by atoms with E-state index in [0.29, 0.717) is 17.0 Å². The molecule has 0 amide bonds. The minimum Gasteiger partial charge on any atom is -0.507 e. The first-order chi connectivity index (χ1) is 13.0. The van der Waals surface area contributed by atoms with E-state index in [4.69, 9.17) is 0 Å². The number of allylic oxidation sites excluding steroid dienone is 1. The van der Waals surface area contributed by atoms with Crippen molar-refractivity contribution in [2.24, 2.45) is 14.1 Å². The van der Waals surface area contributed by atoms with Crippen molar-refractivity contribution in [3.63, 3.8) is 0 Å². The Balaban J connectivity index is 1.97. The molecular weight excluding hydrogens is 362 g/mol. The smallest absolute Gasteiger partial charge is 0.417 e. The zero-order chi connectivity index (χ0) is 18.9. The summed E-state index contributed by atoms with van der Waals surface area (Å²) in [5.74, 6) is 0.203. The molecule has 3 heterocycles. The molecule has 134 valence electrons. The molecule has 1 aliphatic carbocycles. The maximum atomic E-state index is 13.1. The first-order valence-corrected chi connectivity index (χ1v) is 9.44. The van der Waals surface area contributed by atoms with Crippen molar-refractivity contribution in [1.29, 1.82) is 0 Å². The van der Waals surface area contributed by atoms with Crippen LogP contribution in [-0.4, -0.2) is 20.0 Å². The largest absolute Gasteiger partial charge is 0.507 e. The third kappa shape index (κ3) is 1.97. The second kappa shape index (κ2) is 5.40. The van der Waals surface area contributed by atoms with Gasteiger partial charge in [-0.25, -0.2) is 14.4 Å². The van der Waals surface area contributed by atoms with Crippen LogP contribution >= 0.6 is 11.3 Å². The maximum Gasteiger partial charge on any atom is 0.417 e. The number of nitrogens with one attached hydrogen (secondary N) is 1. The molecule has 0 radical (unpaired) electrons. The van der Waals surface area contributed by atoms with Gasteiger partial charge in [0.05, 0.1) is 18.5 Å². The van der Waals surface area contributed by atoms with E-state index in [0.717, 1.165) is 27.0 Å². The molecule has 7 heteroatoms. The van der Waals surface area contributed by atoms with E-state index >= 15 is 0 Å². The number of aromatic nitrogens is 2. The van der Waals surface area contributed by atoms with Gasteiger partial charge in [-0.15, -0.1) is 0 Å². The van der Waals surface area contributed by atoms with E-state index in [1.54, 1.807) is 7.05 Å². The predicted octanol–water partition coefficient (Wildman–Crippen LogP) is 0.775. The lowest BCUT2D eigenvalue weighted by Crippen LogP contribution is -2.73. The normalized spacial score (nSPS) is 17.4. The van der Waals surface area contributed by atoms with Crippen molar-refractivity contribution in [2.75, 3.05) is 0 Å². The van der Waals surface area contributed by atoms with Gasteiger partial charge in [-0.1, -0.05) is 18.2 Å². The highest BCUT2D eigenvalue weighted by atomic mass is 32.1. The molecule has 27 heavy (non-hydrogen) atoms. The average molecular weight is 378 g/mol. The van der Waals surface area contributed by atoms with E-state index in [9.17, 15) is 14.7 Å². The monoisotopic (exact) mass is 378 g/mol. The first-order valence-electron chi connectivity index (χ1n) is 8.50. The van der Waals surface area contributed by atoms with Crippen LogP contribution in [0, 0.1) is 0 Å². The van der Waals surface area contributed by atoms with Crippen molar-refractivity contribution in [3.05, 3.63) is 89.8 Å². The Bertz CT molecular complexity index is 1290. The van der Waals surface area contributed by atoms with Crippen molar-refractivity contribution in [3.8, 4) is 0 Å². The Morgan fingerprint density at radius 3 is 2.52 bits per heavy atom. The molecule has 0 saturated heterocycles. The van der Waals surface area contributed by atoms with Crippen LogP contribution in [0.1, 0.15) is 28.2 Å². The molecular formula is C20H16N3O3S+. The van der Waals surface area contributed by atoms with Crippen molar-refractivity contribution in [2.45, 2.75) is 5.92 Å². The lowest BCUT2D eigenvalue weighted by Gasteiger charge is -2.22. The van der Waals surface area contributed by atoms with Gasteiger partial charge >= 0.3 is 5.69 Å². The van der Waals surface area contributed by atoms with Crippen molar-refractivity contribution in [1.82, 2.24) is 9.13 Å². The number of benzene rings is 1. The molecule has 2 aliphatic rings. The lowest BCUT2D eigenvalue weighted by molar-refractivity contribution is -0.364. The zero-order valence-corrected chi connectivity index (χ0v) is 15.5. The quantitative estimate of drug-likeness (QED) is 0.657. The molecule has 1 aliphatic heterocycles. The highest BCUT2D eigenvalue weighted by Gasteiger charge is 2.44. The average Bonchev–Trinajstić information content (AvgIpc) is 3.31. The molecule has 0 fully saturated rings. The third-order valence-corrected chi connectivity index (χ3v) is 6.07. The Morgan fingerprint density at radius 2 is 1.81 bits per heavy atom. The van der Waals surface area contributed by atoms with E-state index in [1.807, 2.05) is 41.1 Å². The predicted molar refractivity (Wildman–Crippen MR) is 104 cm³/mol. The molecule has 1 atom stereocenters. The number of aliphatic hydroxyl groups excluding tert-OH is 1. The summed E-state index contributed by atoms with van der Waals surface area (Å²) in [6.07, 6.45) is 0. The highest BCUT2D eigenvalue weighted by Crippen LogP contribution is 2.43. The SMILES string of the molecule is Cn1c2c(c(=O)n(C)c1=O)C(c1ccsc1)C1=C(O)c3ccccc3C1=[NH+]2. The van der Waals surface area contributed by atoms with E-state index < -0.39 is 5.92 Å². The highest BCUT2D eigenvalue weighted by molar-refractivity contribution is 7.08. The summed E-state index contributed by atoms with van der Waals surface area (Å²) in [5.41, 5.74) is 3.66. The van der Waals surface area contributed by atoms with Gasteiger partial charge < -0.3 is 5.11 Å². The Kier molecular flexibility index (Phi) is 3.21. The Morgan fingerprint density at radius 1 is 1.07 bits per heavy atom. The first kappa shape index (κ1) is 16.0. The van der Waals surface area contributed by atoms with Crippen LogP contribution in [0.15, 0.2) is 56.3 Å². The van der Waals surface area contributed by atoms with Crippen molar-refractivity contribution >= 4 is 28.6 Å². The van der Waals surface area contributed by atoms with E-state index in [-0.39, 0.29) is 17.0 Å². The van der Waals surface area contributed by atoms with Crippen LogP contribution in [0.25, 0.3) is 5.76 Å². The molecule has 5 rings (SSSR count). The van der Waals surface area contributed by atoms with Gasteiger partial charge in [-0.3, -0.25) is 4.79 Å². The van der Waals surface area contributed by atoms with Crippen LogP contribution in [0.3, 0.4) is 0 Å². The summed E-state index contributed by atoms with van der Waals surface area (Å²) >= 11 is 1.53. The molecule has 6 nitrogen and oxygen atoms in total. The molecule has 1 unspecified atom stereocenters. The molecule has 2 N–H and O–H groups in total. The maximum absolute atomic E-state index is 13.1. The number of hydrogen-bond donors (Lipinski definition) is 2. The summed E-state index contributed by atoms with van der Waals surface area (Å²) < 4.78 is 2.57. The van der Waals surface area contributed by atoms with Crippen molar-refractivity contribution < 1.29 is 10.1 Å². The van der Waals surface area contributed by atoms with E-state index in [1.165, 1.54) is 23.0 Å². The minimum atomic E-state index is -0.444.